The zero-order chi connectivity index (χ0) is 16.8. The molecule has 0 aromatic rings. The van der Waals surface area contributed by atoms with Gasteiger partial charge < -0.3 is 0 Å². The molecule has 0 aromatic heterocycles. The quantitative estimate of drug-likeness (QED) is 0.605. The van der Waals surface area contributed by atoms with Gasteiger partial charge in [0, 0.05) is 31.7 Å². The van der Waals surface area contributed by atoms with Crippen molar-refractivity contribution in [2.75, 3.05) is 6.54 Å². The van der Waals surface area contributed by atoms with Crippen molar-refractivity contribution in [2.45, 2.75) is 80.1 Å². The summed E-state index contributed by atoms with van der Waals surface area (Å²) in [6, 6.07) is 0. The Morgan fingerprint density at radius 3 is 1.71 bits per heavy atom. The number of hydrogen-bond donors (Lipinski definition) is 0. The van der Waals surface area contributed by atoms with Crippen molar-refractivity contribution in [1.29, 1.82) is 0 Å². The van der Waals surface area contributed by atoms with E-state index in [1.165, 1.54) is 4.90 Å². The maximum absolute atomic E-state index is 11.6. The first-order chi connectivity index (χ1) is 9.93. The number of hydrogen-bond acceptors (Lipinski definition) is 3. The number of imide groups is 1. The topological polar surface area (TPSA) is 54.5 Å². The zero-order valence-electron chi connectivity index (χ0n) is 14.7. The number of nitrogens with zero attached hydrogens (tertiary/aromatic N) is 1. The van der Waals surface area contributed by atoms with Crippen molar-refractivity contribution < 1.29 is 14.4 Å². The van der Waals surface area contributed by atoms with Gasteiger partial charge in [0.1, 0.15) is 5.78 Å². The summed E-state index contributed by atoms with van der Waals surface area (Å²) in [5.74, 6) is 0.168. The maximum atomic E-state index is 11.6. The average Bonchev–Trinajstić information content (AvgIpc) is 2.50. The Morgan fingerprint density at radius 1 is 0.857 bits per heavy atom. The normalized spacial score (nSPS) is 9.86. The van der Waals surface area contributed by atoms with Gasteiger partial charge in [-0.3, -0.25) is 19.3 Å². The molecule has 0 saturated heterocycles. The maximum Gasteiger partial charge on any atom is 0.228 e. The minimum absolute atomic E-state index is 0.0971. The molecule has 2 amide bonds. The molecular formula is C17H33NO3. The van der Waals surface area contributed by atoms with Crippen molar-refractivity contribution in [2.24, 2.45) is 5.92 Å². The van der Waals surface area contributed by atoms with Crippen LogP contribution in [0.3, 0.4) is 0 Å². The van der Waals surface area contributed by atoms with E-state index >= 15 is 0 Å². The molecule has 4 heteroatoms. The van der Waals surface area contributed by atoms with Crippen LogP contribution in [0.15, 0.2) is 0 Å². The second kappa shape index (κ2) is 13.8. The van der Waals surface area contributed by atoms with Gasteiger partial charge in [0.25, 0.3) is 0 Å². The number of Topliss-reactive ketones (excluding diaryl/α,β-unsaturated/α-hetero) is 1. The Labute approximate surface area is 130 Å². The highest BCUT2D eigenvalue weighted by Crippen LogP contribution is 2.08. The molecule has 0 fully saturated rings. The summed E-state index contributed by atoms with van der Waals surface area (Å²) >= 11 is 0. The Kier molecular flexibility index (Phi) is 14.5. The minimum Gasteiger partial charge on any atom is -0.299 e. The Hall–Kier alpha value is -1.19. The van der Waals surface area contributed by atoms with Gasteiger partial charge in [-0.1, -0.05) is 48.0 Å². The van der Waals surface area contributed by atoms with Gasteiger partial charge in [-0.2, -0.15) is 0 Å². The van der Waals surface area contributed by atoms with Crippen LogP contribution in [0.5, 0.6) is 0 Å². The fourth-order valence-electron chi connectivity index (χ4n) is 1.80. The molecule has 0 aliphatic rings. The molecule has 0 aromatic carbocycles. The van der Waals surface area contributed by atoms with Gasteiger partial charge in [0.15, 0.2) is 0 Å². The molecule has 0 aliphatic heterocycles. The molecule has 0 N–H and O–H groups in total. The lowest BCUT2D eigenvalue weighted by Gasteiger charge is -2.19. The van der Waals surface area contributed by atoms with Crippen LogP contribution in [0.25, 0.3) is 0 Å². The third-order valence-corrected chi connectivity index (χ3v) is 3.16. The van der Waals surface area contributed by atoms with E-state index in [4.69, 9.17) is 0 Å². The first kappa shape index (κ1) is 22.1. The average molecular weight is 299 g/mol. The van der Waals surface area contributed by atoms with Crippen LogP contribution in [0.2, 0.25) is 0 Å². The van der Waals surface area contributed by atoms with E-state index in [-0.39, 0.29) is 23.5 Å². The van der Waals surface area contributed by atoms with Gasteiger partial charge >= 0.3 is 0 Å². The minimum atomic E-state index is -0.106. The summed E-state index contributed by atoms with van der Waals surface area (Å²) in [6.45, 7) is 11.8. The van der Waals surface area contributed by atoms with E-state index < -0.39 is 0 Å². The van der Waals surface area contributed by atoms with Crippen molar-refractivity contribution in [3.05, 3.63) is 0 Å². The molecule has 0 spiro atoms. The van der Waals surface area contributed by atoms with E-state index in [2.05, 4.69) is 0 Å². The molecule has 0 atom stereocenters. The highest BCUT2D eigenvalue weighted by atomic mass is 16.2. The Bertz CT molecular complexity index is 295. The second-order valence-corrected chi connectivity index (χ2v) is 5.08. The zero-order valence-corrected chi connectivity index (χ0v) is 14.7. The summed E-state index contributed by atoms with van der Waals surface area (Å²) in [7, 11) is 0. The Morgan fingerprint density at radius 2 is 1.33 bits per heavy atom. The van der Waals surface area contributed by atoms with E-state index in [0.29, 0.717) is 25.8 Å². The van der Waals surface area contributed by atoms with Crippen LogP contribution in [-0.2, 0) is 14.4 Å². The first-order valence-corrected chi connectivity index (χ1v) is 8.29. The number of carbonyl (C=O) groups is 3. The standard InChI is InChI=1S/C15H27NO3.C2H6/c1-5-14(18)16(15(19)6-2)11-9-7-8-10-13(17)12(3)4;1-2/h12H,5-11H2,1-4H3;1-2H3. The summed E-state index contributed by atoms with van der Waals surface area (Å²) in [4.78, 5) is 36.0. The number of carbonyl (C=O) groups excluding carboxylic acids is 3. The molecule has 21 heavy (non-hydrogen) atoms. The molecule has 0 radical (unpaired) electrons. The van der Waals surface area contributed by atoms with Crippen LogP contribution in [-0.4, -0.2) is 29.0 Å². The first-order valence-electron chi connectivity index (χ1n) is 8.29. The van der Waals surface area contributed by atoms with Gasteiger partial charge in [0.2, 0.25) is 11.8 Å². The lowest BCUT2D eigenvalue weighted by Crippen LogP contribution is -2.36. The fourth-order valence-corrected chi connectivity index (χ4v) is 1.80. The number of unbranched alkanes of at least 4 members (excludes halogenated alkanes) is 2. The third-order valence-electron chi connectivity index (χ3n) is 3.16. The highest BCUT2D eigenvalue weighted by Gasteiger charge is 2.17. The molecule has 4 nitrogen and oxygen atoms in total. The van der Waals surface area contributed by atoms with Crippen LogP contribution in [0, 0.1) is 5.92 Å². The van der Waals surface area contributed by atoms with Crippen LogP contribution >= 0.6 is 0 Å². The van der Waals surface area contributed by atoms with Crippen molar-refractivity contribution >= 4 is 17.6 Å². The third kappa shape index (κ3) is 10.2. The van der Waals surface area contributed by atoms with Crippen LogP contribution in [0.1, 0.15) is 80.1 Å². The lowest BCUT2D eigenvalue weighted by molar-refractivity contribution is -0.144. The lowest BCUT2D eigenvalue weighted by atomic mass is 10.0. The molecule has 0 aliphatic carbocycles. The largest absolute Gasteiger partial charge is 0.299 e. The molecule has 0 bridgehead atoms. The second-order valence-electron chi connectivity index (χ2n) is 5.08. The molecule has 0 saturated carbocycles. The summed E-state index contributed by atoms with van der Waals surface area (Å²) in [5.41, 5.74) is 0. The van der Waals surface area contributed by atoms with E-state index in [9.17, 15) is 14.4 Å². The van der Waals surface area contributed by atoms with Gasteiger partial charge in [-0.25, -0.2) is 0 Å². The number of amides is 2. The van der Waals surface area contributed by atoms with Crippen LogP contribution in [0.4, 0.5) is 0 Å². The monoisotopic (exact) mass is 299 g/mol. The van der Waals surface area contributed by atoms with Gasteiger partial charge in [-0.15, -0.1) is 0 Å². The highest BCUT2D eigenvalue weighted by molar-refractivity contribution is 5.95. The molecular weight excluding hydrogens is 266 g/mol. The molecule has 0 unspecified atom stereocenters. The van der Waals surface area contributed by atoms with E-state index in [1.807, 2.05) is 27.7 Å². The predicted octanol–water partition coefficient (Wildman–Crippen LogP) is 3.97. The predicted molar refractivity (Wildman–Crippen MR) is 87.0 cm³/mol. The smallest absolute Gasteiger partial charge is 0.228 e. The molecule has 124 valence electrons. The van der Waals surface area contributed by atoms with Gasteiger partial charge in [0.05, 0.1) is 0 Å². The summed E-state index contributed by atoms with van der Waals surface area (Å²) < 4.78 is 0. The fraction of sp³-hybridized carbons (Fsp3) is 0.824. The SMILES string of the molecule is CC.CCC(=O)N(CCCCCC(=O)C(C)C)C(=O)CC. The van der Waals surface area contributed by atoms with E-state index in [0.717, 1.165) is 19.3 Å². The summed E-state index contributed by atoms with van der Waals surface area (Å²) in [6.07, 6.45) is 3.81. The summed E-state index contributed by atoms with van der Waals surface area (Å²) in [5, 5.41) is 0. The van der Waals surface area contributed by atoms with Crippen molar-refractivity contribution in [3.8, 4) is 0 Å². The van der Waals surface area contributed by atoms with Gasteiger partial charge in [-0.05, 0) is 12.8 Å². The number of ketones is 1. The Balaban J connectivity index is 0. The van der Waals surface area contributed by atoms with Crippen LogP contribution < -0.4 is 0 Å². The molecule has 0 heterocycles. The molecule has 0 rings (SSSR count). The van der Waals surface area contributed by atoms with Crippen molar-refractivity contribution in [3.63, 3.8) is 0 Å². The van der Waals surface area contributed by atoms with E-state index in [1.54, 1.807) is 13.8 Å². The van der Waals surface area contributed by atoms with Crippen molar-refractivity contribution in [1.82, 2.24) is 4.90 Å². The number of rotatable bonds is 9.